The molecule has 28 heavy (non-hydrogen) atoms. The number of hydrogen-bond acceptors (Lipinski definition) is 5. The highest BCUT2D eigenvalue weighted by molar-refractivity contribution is 5.75. The van der Waals surface area contributed by atoms with Crippen molar-refractivity contribution in [2.24, 2.45) is 7.05 Å². The van der Waals surface area contributed by atoms with Gasteiger partial charge >= 0.3 is 0 Å². The molecule has 0 saturated heterocycles. The topological polar surface area (TPSA) is 68.5 Å². The number of rotatable bonds is 5. The van der Waals surface area contributed by atoms with E-state index in [-0.39, 0.29) is 6.04 Å². The van der Waals surface area contributed by atoms with Crippen molar-refractivity contribution in [1.29, 1.82) is 0 Å². The Labute approximate surface area is 164 Å². The Morgan fingerprint density at radius 3 is 2.39 bits per heavy atom. The summed E-state index contributed by atoms with van der Waals surface area (Å²) in [5.74, 6) is 0.819. The zero-order valence-corrected chi connectivity index (χ0v) is 16.2. The first kappa shape index (κ1) is 17.9. The molecule has 0 bridgehead atoms. The maximum absolute atomic E-state index is 4.75. The van der Waals surface area contributed by atoms with Crippen molar-refractivity contribution in [2.75, 3.05) is 5.32 Å². The van der Waals surface area contributed by atoms with Crippen LogP contribution in [0.4, 0.5) is 5.82 Å². The molecule has 4 aromatic heterocycles. The Balaban J connectivity index is 1.80. The second kappa shape index (κ2) is 7.60. The van der Waals surface area contributed by atoms with Gasteiger partial charge in [0.25, 0.3) is 0 Å². The SMILES string of the molecule is CC(C)Nc1cc(-c2cncc(-c3cnn(C)c3)c2)cc(-c2ccccn2)n1. The molecular weight excluding hydrogens is 348 g/mol. The molecule has 0 aliphatic heterocycles. The third kappa shape index (κ3) is 3.91. The van der Waals surface area contributed by atoms with Crippen LogP contribution in [0, 0.1) is 0 Å². The van der Waals surface area contributed by atoms with Crippen molar-refractivity contribution < 1.29 is 0 Å². The number of hydrogen-bond donors (Lipinski definition) is 1. The van der Waals surface area contributed by atoms with E-state index >= 15 is 0 Å². The largest absolute Gasteiger partial charge is 0.368 e. The molecule has 0 aliphatic rings. The summed E-state index contributed by atoms with van der Waals surface area (Å²) in [6, 6.07) is 12.3. The number of anilines is 1. The first-order valence-electron chi connectivity index (χ1n) is 9.23. The average molecular weight is 370 g/mol. The molecular formula is C22H22N6. The van der Waals surface area contributed by atoms with Gasteiger partial charge in [0.05, 0.1) is 17.6 Å². The summed E-state index contributed by atoms with van der Waals surface area (Å²) in [7, 11) is 1.91. The smallest absolute Gasteiger partial charge is 0.127 e. The summed E-state index contributed by atoms with van der Waals surface area (Å²) in [6.45, 7) is 4.19. The van der Waals surface area contributed by atoms with Crippen LogP contribution in [0.5, 0.6) is 0 Å². The fraction of sp³-hybridized carbons (Fsp3) is 0.182. The number of nitrogens with one attached hydrogen (secondary N) is 1. The van der Waals surface area contributed by atoms with E-state index in [0.29, 0.717) is 0 Å². The fourth-order valence-electron chi connectivity index (χ4n) is 3.04. The maximum atomic E-state index is 4.75. The summed E-state index contributed by atoms with van der Waals surface area (Å²) < 4.78 is 1.79. The van der Waals surface area contributed by atoms with Crippen LogP contribution in [-0.4, -0.2) is 30.8 Å². The fourth-order valence-corrected chi connectivity index (χ4v) is 3.04. The van der Waals surface area contributed by atoms with E-state index in [9.17, 15) is 0 Å². The Hall–Kier alpha value is -3.54. The molecule has 0 unspecified atom stereocenters. The molecule has 0 aliphatic carbocycles. The minimum atomic E-state index is 0.277. The van der Waals surface area contributed by atoms with E-state index in [4.69, 9.17) is 4.98 Å². The summed E-state index contributed by atoms with van der Waals surface area (Å²) in [4.78, 5) is 13.6. The van der Waals surface area contributed by atoms with Gasteiger partial charge in [0.2, 0.25) is 0 Å². The van der Waals surface area contributed by atoms with E-state index in [1.807, 2.05) is 50.0 Å². The van der Waals surface area contributed by atoms with E-state index in [0.717, 1.165) is 39.5 Å². The van der Waals surface area contributed by atoms with Crippen LogP contribution in [0.15, 0.2) is 67.4 Å². The predicted molar refractivity (Wildman–Crippen MR) is 112 cm³/mol. The van der Waals surface area contributed by atoms with Gasteiger partial charge in [-0.05, 0) is 49.7 Å². The molecule has 4 heterocycles. The van der Waals surface area contributed by atoms with E-state index in [1.54, 1.807) is 10.9 Å². The summed E-state index contributed by atoms with van der Waals surface area (Å²) in [6.07, 6.45) is 9.34. The van der Waals surface area contributed by atoms with Gasteiger partial charge in [-0.25, -0.2) is 4.98 Å². The first-order valence-corrected chi connectivity index (χ1v) is 9.23. The average Bonchev–Trinajstić information content (AvgIpc) is 3.14. The van der Waals surface area contributed by atoms with Crippen LogP contribution < -0.4 is 5.32 Å². The molecule has 0 radical (unpaired) electrons. The molecule has 0 aromatic carbocycles. The molecule has 0 amide bonds. The quantitative estimate of drug-likeness (QED) is 0.563. The molecule has 6 nitrogen and oxygen atoms in total. The van der Waals surface area contributed by atoms with Gasteiger partial charge in [-0.1, -0.05) is 6.07 Å². The number of pyridine rings is 3. The second-order valence-electron chi connectivity index (χ2n) is 7.01. The summed E-state index contributed by atoms with van der Waals surface area (Å²) in [5.41, 5.74) is 5.79. The standard InChI is InChI=1S/C22H22N6/c1-15(2)26-22-10-16(9-21(27-22)20-6-4-5-7-24-20)17-8-18(12-23-11-17)19-13-25-28(3)14-19/h4-15H,1-3H3,(H,26,27). The third-order valence-electron chi connectivity index (χ3n) is 4.30. The van der Waals surface area contributed by atoms with Crippen molar-refractivity contribution in [3.05, 3.63) is 67.4 Å². The minimum Gasteiger partial charge on any atom is -0.368 e. The van der Waals surface area contributed by atoms with Crippen LogP contribution >= 0.6 is 0 Å². The lowest BCUT2D eigenvalue weighted by atomic mass is 10.0. The molecule has 0 saturated carbocycles. The zero-order chi connectivity index (χ0) is 19.5. The van der Waals surface area contributed by atoms with Crippen molar-refractivity contribution in [3.8, 4) is 33.6 Å². The highest BCUT2D eigenvalue weighted by atomic mass is 15.2. The van der Waals surface area contributed by atoms with E-state index < -0.39 is 0 Å². The number of aromatic nitrogens is 5. The summed E-state index contributed by atoms with van der Waals surface area (Å²) >= 11 is 0. The molecule has 140 valence electrons. The molecule has 4 rings (SSSR count). The van der Waals surface area contributed by atoms with Crippen LogP contribution in [0.1, 0.15) is 13.8 Å². The van der Waals surface area contributed by atoms with Gasteiger partial charge < -0.3 is 5.32 Å². The van der Waals surface area contributed by atoms with Gasteiger partial charge in [0.15, 0.2) is 0 Å². The Kier molecular flexibility index (Phi) is 4.85. The Morgan fingerprint density at radius 2 is 1.71 bits per heavy atom. The van der Waals surface area contributed by atoms with Crippen molar-refractivity contribution in [3.63, 3.8) is 0 Å². The van der Waals surface area contributed by atoms with Crippen molar-refractivity contribution >= 4 is 5.82 Å². The Morgan fingerprint density at radius 1 is 0.893 bits per heavy atom. The van der Waals surface area contributed by atoms with Gasteiger partial charge in [-0.2, -0.15) is 5.10 Å². The molecule has 1 N–H and O–H groups in total. The highest BCUT2D eigenvalue weighted by Crippen LogP contribution is 2.29. The molecule has 6 heteroatoms. The van der Waals surface area contributed by atoms with Crippen LogP contribution in [0.2, 0.25) is 0 Å². The lowest BCUT2D eigenvalue weighted by molar-refractivity contribution is 0.768. The van der Waals surface area contributed by atoms with E-state index in [1.165, 1.54) is 0 Å². The molecule has 0 fully saturated rings. The lowest BCUT2D eigenvalue weighted by Crippen LogP contribution is -2.11. The predicted octanol–water partition coefficient (Wildman–Crippen LogP) is 4.43. The monoisotopic (exact) mass is 370 g/mol. The first-order chi connectivity index (χ1) is 13.6. The molecule has 0 atom stereocenters. The Bertz CT molecular complexity index is 1090. The van der Waals surface area contributed by atoms with Crippen LogP contribution in [-0.2, 0) is 7.05 Å². The molecule has 0 spiro atoms. The molecule has 4 aromatic rings. The second-order valence-corrected chi connectivity index (χ2v) is 7.01. The highest BCUT2D eigenvalue weighted by Gasteiger charge is 2.10. The number of aryl methyl sites for hydroxylation is 1. The van der Waals surface area contributed by atoms with Crippen LogP contribution in [0.25, 0.3) is 33.6 Å². The summed E-state index contributed by atoms with van der Waals surface area (Å²) in [5, 5.41) is 7.66. The van der Waals surface area contributed by atoms with Crippen molar-refractivity contribution in [2.45, 2.75) is 19.9 Å². The van der Waals surface area contributed by atoms with Gasteiger partial charge in [-0.3, -0.25) is 14.6 Å². The lowest BCUT2D eigenvalue weighted by Gasteiger charge is -2.13. The minimum absolute atomic E-state index is 0.277. The normalized spacial score (nSPS) is 11.0. The van der Waals surface area contributed by atoms with Gasteiger partial charge in [0.1, 0.15) is 5.82 Å². The number of nitrogens with zero attached hydrogens (tertiary/aromatic N) is 5. The van der Waals surface area contributed by atoms with Gasteiger partial charge in [0, 0.05) is 54.6 Å². The van der Waals surface area contributed by atoms with Crippen molar-refractivity contribution in [1.82, 2.24) is 24.7 Å². The zero-order valence-electron chi connectivity index (χ0n) is 16.2. The van der Waals surface area contributed by atoms with Gasteiger partial charge in [-0.15, -0.1) is 0 Å². The maximum Gasteiger partial charge on any atom is 0.127 e. The third-order valence-corrected chi connectivity index (χ3v) is 4.30. The van der Waals surface area contributed by atoms with Crippen LogP contribution in [0.3, 0.4) is 0 Å². The van der Waals surface area contributed by atoms with E-state index in [2.05, 4.69) is 52.4 Å².